The van der Waals surface area contributed by atoms with Crippen LogP contribution in [0.3, 0.4) is 0 Å². The fourth-order valence-electron chi connectivity index (χ4n) is 3.73. The third-order valence-corrected chi connectivity index (χ3v) is 5.45. The average molecular weight is 357 g/mol. The van der Waals surface area contributed by atoms with Crippen molar-refractivity contribution in [3.8, 4) is 0 Å². The first kappa shape index (κ1) is 17.7. The van der Waals surface area contributed by atoms with Gasteiger partial charge in [-0.05, 0) is 41.2 Å². The molecule has 0 saturated carbocycles. The van der Waals surface area contributed by atoms with Gasteiger partial charge in [0, 0.05) is 23.5 Å². The molecule has 0 amide bonds. The summed E-state index contributed by atoms with van der Waals surface area (Å²) in [5, 5.41) is 2.37. The summed E-state index contributed by atoms with van der Waals surface area (Å²) in [5.74, 6) is 0. The van der Waals surface area contributed by atoms with Gasteiger partial charge in [-0.25, -0.2) is 0 Å². The highest BCUT2D eigenvalue weighted by Crippen LogP contribution is 2.38. The molecule has 3 aromatic carbocycles. The zero-order valence-corrected chi connectivity index (χ0v) is 16.8. The van der Waals surface area contributed by atoms with Crippen molar-refractivity contribution < 1.29 is 4.42 Å². The lowest BCUT2D eigenvalue weighted by Crippen LogP contribution is -2.13. The van der Waals surface area contributed by atoms with Crippen molar-refractivity contribution in [1.82, 2.24) is 0 Å². The molecule has 4 rings (SSSR count). The Balaban J connectivity index is 1.83. The molecule has 0 bridgehead atoms. The minimum atomic E-state index is 0.159. The molecule has 138 valence electrons. The van der Waals surface area contributed by atoms with E-state index in [0.29, 0.717) is 0 Å². The van der Waals surface area contributed by atoms with Crippen LogP contribution in [0.5, 0.6) is 0 Å². The predicted molar refractivity (Wildman–Crippen MR) is 116 cm³/mol. The summed E-state index contributed by atoms with van der Waals surface area (Å²) in [6.07, 6.45) is 0.969. The van der Waals surface area contributed by atoms with E-state index in [1.165, 1.54) is 21.9 Å². The maximum atomic E-state index is 6.38. The van der Waals surface area contributed by atoms with Crippen LogP contribution in [0.15, 0.2) is 65.1 Å². The molecular formula is C25H27NO. The van der Waals surface area contributed by atoms with E-state index in [4.69, 9.17) is 4.42 Å². The average Bonchev–Trinajstić information content (AvgIpc) is 3.05. The van der Waals surface area contributed by atoms with E-state index in [1.54, 1.807) is 0 Å². The smallest absolute Gasteiger partial charge is 0.159 e. The highest BCUT2D eigenvalue weighted by Gasteiger charge is 2.17. The fourth-order valence-corrected chi connectivity index (χ4v) is 3.73. The molecule has 0 N–H and O–H groups in total. The molecule has 0 aliphatic heterocycles. The monoisotopic (exact) mass is 357 g/mol. The van der Waals surface area contributed by atoms with Crippen molar-refractivity contribution in [3.05, 3.63) is 71.8 Å². The van der Waals surface area contributed by atoms with E-state index in [9.17, 15) is 0 Å². The SMILES string of the molecule is CCc1cccc2c1oc1c(N(C)c3ccc(C(C)(C)C)cc3)cccc12. The first-order valence-corrected chi connectivity index (χ1v) is 9.67. The number of benzene rings is 3. The van der Waals surface area contributed by atoms with E-state index in [-0.39, 0.29) is 5.41 Å². The number of hydrogen-bond donors (Lipinski definition) is 0. The van der Waals surface area contributed by atoms with Gasteiger partial charge < -0.3 is 9.32 Å². The number of rotatable bonds is 3. The number of nitrogens with zero attached hydrogens (tertiary/aromatic N) is 1. The summed E-state index contributed by atoms with van der Waals surface area (Å²) in [6.45, 7) is 8.90. The molecule has 0 radical (unpaired) electrons. The molecule has 0 aliphatic carbocycles. The molecule has 0 unspecified atom stereocenters. The molecule has 2 nitrogen and oxygen atoms in total. The second kappa shape index (κ2) is 6.45. The molecule has 0 atom stereocenters. The number of hydrogen-bond acceptors (Lipinski definition) is 2. The Morgan fingerprint density at radius 3 is 2.07 bits per heavy atom. The molecule has 1 heterocycles. The number of para-hydroxylation sites is 2. The van der Waals surface area contributed by atoms with Crippen LogP contribution in [0, 0.1) is 0 Å². The maximum Gasteiger partial charge on any atom is 0.159 e. The standard InChI is InChI=1S/C25H27NO/c1-6-17-9-7-10-20-21-11-8-12-22(24(21)27-23(17)20)26(5)19-15-13-18(14-16-19)25(2,3)4/h7-16H,6H2,1-5H3. The minimum Gasteiger partial charge on any atom is -0.454 e. The lowest BCUT2D eigenvalue weighted by atomic mass is 9.87. The molecule has 1 aromatic heterocycles. The van der Waals surface area contributed by atoms with Gasteiger partial charge in [0.15, 0.2) is 5.58 Å². The molecule has 2 heteroatoms. The summed E-state index contributed by atoms with van der Waals surface area (Å²) in [4.78, 5) is 2.21. The fraction of sp³-hybridized carbons (Fsp3) is 0.280. The van der Waals surface area contributed by atoms with Crippen LogP contribution in [-0.2, 0) is 11.8 Å². The van der Waals surface area contributed by atoms with Crippen molar-refractivity contribution in [2.24, 2.45) is 0 Å². The van der Waals surface area contributed by atoms with Crippen LogP contribution in [0.1, 0.15) is 38.8 Å². The maximum absolute atomic E-state index is 6.38. The van der Waals surface area contributed by atoms with Crippen molar-refractivity contribution in [2.45, 2.75) is 39.5 Å². The van der Waals surface area contributed by atoms with Crippen molar-refractivity contribution in [1.29, 1.82) is 0 Å². The van der Waals surface area contributed by atoms with Crippen LogP contribution in [0.25, 0.3) is 21.9 Å². The lowest BCUT2D eigenvalue weighted by molar-refractivity contribution is 0.590. The lowest BCUT2D eigenvalue weighted by Gasteiger charge is -2.23. The normalized spacial score (nSPS) is 12.0. The van der Waals surface area contributed by atoms with Crippen molar-refractivity contribution in [2.75, 3.05) is 11.9 Å². The Morgan fingerprint density at radius 1 is 0.815 bits per heavy atom. The molecule has 27 heavy (non-hydrogen) atoms. The summed E-state index contributed by atoms with van der Waals surface area (Å²) in [6, 6.07) is 21.7. The molecule has 0 fully saturated rings. The van der Waals surface area contributed by atoms with Gasteiger partial charge in [-0.2, -0.15) is 0 Å². The number of anilines is 2. The van der Waals surface area contributed by atoms with Gasteiger partial charge in [0.25, 0.3) is 0 Å². The minimum absolute atomic E-state index is 0.159. The Labute approximate surface area is 161 Å². The predicted octanol–water partition coefficient (Wildman–Crippen LogP) is 7.21. The zero-order valence-electron chi connectivity index (χ0n) is 16.8. The van der Waals surface area contributed by atoms with E-state index < -0.39 is 0 Å². The summed E-state index contributed by atoms with van der Waals surface area (Å²) in [5.41, 5.74) is 6.98. The number of fused-ring (bicyclic) bond motifs is 3. The number of aryl methyl sites for hydroxylation is 1. The highest BCUT2D eigenvalue weighted by atomic mass is 16.3. The van der Waals surface area contributed by atoms with Gasteiger partial charge in [0.05, 0.1) is 5.69 Å². The van der Waals surface area contributed by atoms with Crippen LogP contribution in [0.2, 0.25) is 0 Å². The van der Waals surface area contributed by atoms with Crippen LogP contribution in [0.4, 0.5) is 11.4 Å². The Hall–Kier alpha value is -2.74. The van der Waals surface area contributed by atoms with Gasteiger partial charge in [0.2, 0.25) is 0 Å². The summed E-state index contributed by atoms with van der Waals surface area (Å²) >= 11 is 0. The largest absolute Gasteiger partial charge is 0.454 e. The zero-order chi connectivity index (χ0) is 19.2. The molecular weight excluding hydrogens is 330 g/mol. The topological polar surface area (TPSA) is 16.4 Å². The first-order valence-electron chi connectivity index (χ1n) is 9.67. The Bertz CT molecular complexity index is 1100. The quantitative estimate of drug-likeness (QED) is 0.385. The molecule has 0 spiro atoms. The second-order valence-electron chi connectivity index (χ2n) is 8.26. The van der Waals surface area contributed by atoms with E-state index in [1.807, 2.05) is 0 Å². The molecule has 0 saturated heterocycles. The molecule has 0 aliphatic rings. The van der Waals surface area contributed by atoms with Gasteiger partial charge in [0.1, 0.15) is 5.58 Å². The number of furan rings is 1. The Morgan fingerprint density at radius 2 is 1.44 bits per heavy atom. The van der Waals surface area contributed by atoms with Gasteiger partial charge >= 0.3 is 0 Å². The first-order chi connectivity index (χ1) is 12.9. The van der Waals surface area contributed by atoms with Gasteiger partial charge in [-0.1, -0.05) is 70.2 Å². The van der Waals surface area contributed by atoms with E-state index in [0.717, 1.165) is 29.0 Å². The van der Waals surface area contributed by atoms with Crippen LogP contribution < -0.4 is 4.90 Å². The Kier molecular flexibility index (Phi) is 4.22. The van der Waals surface area contributed by atoms with Crippen LogP contribution >= 0.6 is 0 Å². The molecule has 4 aromatic rings. The van der Waals surface area contributed by atoms with E-state index in [2.05, 4.69) is 100 Å². The van der Waals surface area contributed by atoms with Crippen molar-refractivity contribution in [3.63, 3.8) is 0 Å². The second-order valence-corrected chi connectivity index (χ2v) is 8.26. The van der Waals surface area contributed by atoms with Gasteiger partial charge in [-0.3, -0.25) is 0 Å². The van der Waals surface area contributed by atoms with Crippen LogP contribution in [-0.4, -0.2) is 7.05 Å². The highest BCUT2D eigenvalue weighted by molar-refractivity contribution is 6.10. The third kappa shape index (κ3) is 2.99. The van der Waals surface area contributed by atoms with Gasteiger partial charge in [-0.15, -0.1) is 0 Å². The third-order valence-electron chi connectivity index (χ3n) is 5.45. The summed E-state index contributed by atoms with van der Waals surface area (Å²) < 4.78 is 6.38. The van der Waals surface area contributed by atoms with Crippen molar-refractivity contribution >= 4 is 33.3 Å². The van der Waals surface area contributed by atoms with E-state index >= 15 is 0 Å². The summed E-state index contributed by atoms with van der Waals surface area (Å²) in [7, 11) is 2.11.